The minimum absolute atomic E-state index is 0.229. The molecule has 1 rings (SSSR count). The molecule has 1 aromatic rings. The van der Waals surface area contributed by atoms with E-state index in [4.69, 9.17) is 40.5 Å². The van der Waals surface area contributed by atoms with E-state index >= 15 is 0 Å². The van der Waals surface area contributed by atoms with Crippen molar-refractivity contribution in [1.29, 1.82) is 0 Å². The molecule has 0 bridgehead atoms. The molecule has 90 valence electrons. The first-order chi connectivity index (χ1) is 7.47. The zero-order valence-electron chi connectivity index (χ0n) is 8.33. The third-order valence-corrected chi connectivity index (χ3v) is 3.37. The van der Waals surface area contributed by atoms with Crippen LogP contribution >= 0.6 is 34.8 Å². The van der Waals surface area contributed by atoms with E-state index in [1.807, 2.05) is 0 Å². The molecule has 2 atom stereocenters. The number of hydrogen-bond acceptors (Lipinski definition) is 3. The van der Waals surface area contributed by atoms with Crippen LogP contribution < -0.4 is 5.73 Å². The fraction of sp³-hybridized carbons (Fsp3) is 0.400. The van der Waals surface area contributed by atoms with Gasteiger partial charge in [0.05, 0.1) is 21.2 Å². The highest BCUT2D eigenvalue weighted by atomic mass is 35.5. The van der Waals surface area contributed by atoms with Crippen LogP contribution in [-0.4, -0.2) is 22.9 Å². The molecule has 0 saturated carbocycles. The highest BCUT2D eigenvalue weighted by Gasteiger charge is 2.19. The van der Waals surface area contributed by atoms with Crippen molar-refractivity contribution in [3.05, 3.63) is 32.8 Å². The van der Waals surface area contributed by atoms with Gasteiger partial charge in [0.1, 0.15) is 6.10 Å². The second-order valence-electron chi connectivity index (χ2n) is 3.39. The molecule has 6 heteroatoms. The lowest BCUT2D eigenvalue weighted by molar-refractivity contribution is 0.0150. The average Bonchev–Trinajstić information content (AvgIpc) is 2.24. The summed E-state index contributed by atoms with van der Waals surface area (Å²) in [5.41, 5.74) is 5.70. The van der Waals surface area contributed by atoms with E-state index in [-0.39, 0.29) is 21.6 Å². The summed E-state index contributed by atoms with van der Waals surface area (Å²) in [5.74, 6) is 0. The highest BCUT2D eigenvalue weighted by molar-refractivity contribution is 6.48. The van der Waals surface area contributed by atoms with Crippen LogP contribution in [0.1, 0.15) is 18.1 Å². The minimum atomic E-state index is -1.07. The largest absolute Gasteiger partial charge is 0.390 e. The Morgan fingerprint density at radius 2 is 1.62 bits per heavy atom. The molecule has 0 aliphatic rings. The Bertz CT molecular complexity index is 350. The molecule has 0 aromatic heterocycles. The smallest absolute Gasteiger partial charge is 0.105 e. The van der Waals surface area contributed by atoms with E-state index in [0.29, 0.717) is 12.0 Å². The number of hydrogen-bond donors (Lipinski definition) is 3. The Morgan fingerprint density at radius 3 is 2.06 bits per heavy atom. The molecule has 0 amide bonds. The molecule has 2 unspecified atom stereocenters. The summed E-state index contributed by atoms with van der Waals surface area (Å²) in [6.45, 7) is 0.285. The molecular formula is C10H12Cl3NO2. The van der Waals surface area contributed by atoms with Crippen molar-refractivity contribution in [3.8, 4) is 0 Å². The van der Waals surface area contributed by atoms with Crippen LogP contribution in [0, 0.1) is 0 Å². The molecule has 0 heterocycles. The second-order valence-corrected chi connectivity index (χ2v) is 4.58. The van der Waals surface area contributed by atoms with Crippen LogP contribution in [0.5, 0.6) is 0 Å². The maximum Gasteiger partial charge on any atom is 0.105 e. The summed E-state index contributed by atoms with van der Waals surface area (Å²) in [7, 11) is 0. The number of aliphatic hydroxyl groups excluding tert-OH is 2. The van der Waals surface area contributed by atoms with E-state index in [1.54, 1.807) is 0 Å². The summed E-state index contributed by atoms with van der Waals surface area (Å²) in [4.78, 5) is 0. The molecule has 0 spiro atoms. The topological polar surface area (TPSA) is 66.5 Å². The number of halogens is 3. The molecule has 0 radical (unpaired) electrons. The number of rotatable bonds is 4. The third-order valence-electron chi connectivity index (χ3n) is 2.17. The van der Waals surface area contributed by atoms with E-state index in [9.17, 15) is 10.2 Å². The average molecular weight is 285 g/mol. The summed E-state index contributed by atoms with van der Waals surface area (Å²) in [6.07, 6.45) is -1.73. The normalized spacial score (nSPS) is 14.9. The van der Waals surface area contributed by atoms with Crippen LogP contribution in [0.3, 0.4) is 0 Å². The zero-order chi connectivity index (χ0) is 12.3. The van der Waals surface area contributed by atoms with Gasteiger partial charge in [-0.25, -0.2) is 0 Å². The van der Waals surface area contributed by atoms with Gasteiger partial charge in [0.2, 0.25) is 0 Å². The second kappa shape index (κ2) is 6.05. The third kappa shape index (κ3) is 3.23. The summed E-state index contributed by atoms with van der Waals surface area (Å²) in [5, 5.41) is 20.1. The summed E-state index contributed by atoms with van der Waals surface area (Å²) < 4.78 is 0. The lowest BCUT2D eigenvalue weighted by atomic mass is 10.0. The first-order valence-electron chi connectivity index (χ1n) is 4.68. The van der Waals surface area contributed by atoms with Gasteiger partial charge in [-0.3, -0.25) is 0 Å². The molecule has 4 N–H and O–H groups in total. The van der Waals surface area contributed by atoms with Gasteiger partial charge in [0.25, 0.3) is 0 Å². The monoisotopic (exact) mass is 283 g/mol. The molecule has 0 saturated heterocycles. The molecule has 0 fully saturated rings. The Kier molecular flexibility index (Phi) is 5.31. The Labute approximate surface area is 109 Å². The van der Waals surface area contributed by atoms with Crippen molar-refractivity contribution in [3.63, 3.8) is 0 Å². The lowest BCUT2D eigenvalue weighted by Crippen LogP contribution is -2.21. The Morgan fingerprint density at radius 1 is 1.12 bits per heavy atom. The minimum Gasteiger partial charge on any atom is -0.390 e. The van der Waals surface area contributed by atoms with Gasteiger partial charge in [-0.15, -0.1) is 0 Å². The van der Waals surface area contributed by atoms with Gasteiger partial charge in [0, 0.05) is 0 Å². The van der Waals surface area contributed by atoms with Gasteiger partial charge in [-0.1, -0.05) is 34.8 Å². The van der Waals surface area contributed by atoms with E-state index < -0.39 is 12.2 Å². The maximum atomic E-state index is 9.79. The van der Waals surface area contributed by atoms with Crippen molar-refractivity contribution in [2.45, 2.75) is 18.6 Å². The van der Waals surface area contributed by atoms with Crippen LogP contribution in [0.4, 0.5) is 0 Å². The van der Waals surface area contributed by atoms with Crippen LogP contribution in [0.25, 0.3) is 0 Å². The van der Waals surface area contributed by atoms with Gasteiger partial charge < -0.3 is 15.9 Å². The predicted octanol–water partition coefficient (Wildman–Crippen LogP) is 2.39. The Balaban J connectivity index is 2.96. The van der Waals surface area contributed by atoms with E-state index in [0.717, 1.165) is 0 Å². The van der Waals surface area contributed by atoms with Crippen LogP contribution in [-0.2, 0) is 0 Å². The van der Waals surface area contributed by atoms with Crippen molar-refractivity contribution in [2.75, 3.05) is 6.54 Å². The summed E-state index contributed by atoms with van der Waals surface area (Å²) >= 11 is 17.4. The van der Waals surface area contributed by atoms with Gasteiger partial charge in [-0.2, -0.15) is 0 Å². The molecule has 3 nitrogen and oxygen atoms in total. The first-order valence-corrected chi connectivity index (χ1v) is 5.81. The summed E-state index contributed by atoms with van der Waals surface area (Å²) in [6, 6.07) is 2.94. The fourth-order valence-corrected chi connectivity index (χ4v) is 1.91. The molecular weight excluding hydrogens is 272 g/mol. The molecule has 16 heavy (non-hydrogen) atoms. The van der Waals surface area contributed by atoms with E-state index in [1.165, 1.54) is 12.1 Å². The van der Waals surface area contributed by atoms with Gasteiger partial charge in [-0.05, 0) is 30.7 Å². The molecule has 0 aliphatic heterocycles. The van der Waals surface area contributed by atoms with Crippen molar-refractivity contribution >= 4 is 34.8 Å². The standard InChI is InChI=1S/C10H12Cl3NO2/c11-6-3-5(4-7(12)9(6)13)10(16)8(15)1-2-14/h3-4,8,10,15-16H,1-2,14H2. The van der Waals surface area contributed by atoms with Crippen LogP contribution in [0.2, 0.25) is 15.1 Å². The SMILES string of the molecule is NCCC(O)C(O)c1cc(Cl)c(Cl)c(Cl)c1. The van der Waals surface area contributed by atoms with Crippen LogP contribution in [0.15, 0.2) is 12.1 Å². The van der Waals surface area contributed by atoms with Gasteiger partial charge in [0.15, 0.2) is 0 Å². The maximum absolute atomic E-state index is 9.79. The van der Waals surface area contributed by atoms with E-state index in [2.05, 4.69) is 0 Å². The van der Waals surface area contributed by atoms with Crippen molar-refractivity contribution < 1.29 is 10.2 Å². The molecule has 0 aliphatic carbocycles. The van der Waals surface area contributed by atoms with Crippen molar-refractivity contribution in [2.24, 2.45) is 5.73 Å². The van der Waals surface area contributed by atoms with Crippen molar-refractivity contribution in [1.82, 2.24) is 0 Å². The Hall–Kier alpha value is -0.0300. The molecule has 1 aromatic carbocycles. The zero-order valence-corrected chi connectivity index (χ0v) is 10.6. The number of nitrogens with two attached hydrogens (primary N) is 1. The fourth-order valence-electron chi connectivity index (χ4n) is 1.30. The number of benzene rings is 1. The quantitative estimate of drug-likeness (QED) is 0.744. The predicted molar refractivity (Wildman–Crippen MR) is 66.1 cm³/mol. The number of aliphatic hydroxyl groups is 2. The van der Waals surface area contributed by atoms with Gasteiger partial charge >= 0.3 is 0 Å². The lowest BCUT2D eigenvalue weighted by Gasteiger charge is -2.18. The first kappa shape index (κ1) is 14.0. The highest BCUT2D eigenvalue weighted by Crippen LogP contribution is 2.34.